The Balaban J connectivity index is 2.48. The van der Waals surface area contributed by atoms with Gasteiger partial charge >= 0.3 is 0 Å². The van der Waals surface area contributed by atoms with Gasteiger partial charge in [-0.2, -0.15) is 0 Å². The number of hydrogen-bond acceptors (Lipinski definition) is 2. The van der Waals surface area contributed by atoms with Gasteiger partial charge in [0.2, 0.25) is 5.91 Å². The lowest BCUT2D eigenvalue weighted by molar-refractivity contribution is -0.121. The Labute approximate surface area is 95.3 Å². The number of nitrogens with one attached hydrogen (secondary N) is 1. The van der Waals surface area contributed by atoms with Crippen molar-refractivity contribution in [1.82, 2.24) is 10.2 Å². The number of halogens is 1. The van der Waals surface area contributed by atoms with Crippen molar-refractivity contribution in [3.05, 3.63) is 35.6 Å². The lowest BCUT2D eigenvalue weighted by Crippen LogP contribution is -2.34. The van der Waals surface area contributed by atoms with Gasteiger partial charge in [0, 0.05) is 18.7 Å². The van der Waals surface area contributed by atoms with E-state index in [-0.39, 0.29) is 18.3 Å². The molecular weight excluding hydrogens is 207 g/mol. The van der Waals surface area contributed by atoms with Crippen molar-refractivity contribution in [2.24, 2.45) is 0 Å². The normalized spacial score (nSPS) is 10.5. The third kappa shape index (κ3) is 3.98. The second-order valence-corrected chi connectivity index (χ2v) is 3.72. The maximum atomic E-state index is 13.3. The van der Waals surface area contributed by atoms with Crippen LogP contribution >= 0.6 is 0 Å². The average Bonchev–Trinajstić information content (AvgIpc) is 2.21. The van der Waals surface area contributed by atoms with Crippen LogP contribution in [0.4, 0.5) is 4.39 Å². The minimum absolute atomic E-state index is 0.0404. The zero-order valence-electron chi connectivity index (χ0n) is 9.66. The van der Waals surface area contributed by atoms with Crippen LogP contribution in [0.3, 0.4) is 0 Å². The number of carbonyl (C=O) groups excluding carboxylic acids is 1. The summed E-state index contributed by atoms with van der Waals surface area (Å²) in [5.74, 6) is -0.272. The summed E-state index contributed by atoms with van der Waals surface area (Å²) in [5, 5.41) is 2.70. The fourth-order valence-corrected chi connectivity index (χ4v) is 1.47. The highest BCUT2D eigenvalue weighted by Crippen LogP contribution is 2.08. The second kappa shape index (κ2) is 6.23. The van der Waals surface area contributed by atoms with Gasteiger partial charge in [-0.15, -0.1) is 0 Å². The quantitative estimate of drug-likeness (QED) is 0.819. The first-order chi connectivity index (χ1) is 7.63. The van der Waals surface area contributed by atoms with Crippen molar-refractivity contribution in [2.45, 2.75) is 13.5 Å². The van der Waals surface area contributed by atoms with Crippen LogP contribution in [0.5, 0.6) is 0 Å². The van der Waals surface area contributed by atoms with E-state index >= 15 is 0 Å². The molecule has 0 aliphatic carbocycles. The molecule has 0 spiro atoms. The summed E-state index contributed by atoms with van der Waals surface area (Å²) < 4.78 is 13.3. The SMILES string of the molecule is CCNC(=O)CN(C)Cc1ccccc1F. The third-order valence-electron chi connectivity index (χ3n) is 2.19. The molecule has 1 amide bonds. The molecule has 0 saturated carbocycles. The minimum atomic E-state index is -0.231. The molecule has 1 N–H and O–H groups in total. The number of rotatable bonds is 5. The highest BCUT2D eigenvalue weighted by molar-refractivity contribution is 5.77. The number of benzene rings is 1. The van der Waals surface area contributed by atoms with Gasteiger partial charge in [-0.1, -0.05) is 18.2 Å². The molecule has 0 heterocycles. The van der Waals surface area contributed by atoms with E-state index in [1.54, 1.807) is 30.1 Å². The van der Waals surface area contributed by atoms with E-state index in [0.29, 0.717) is 18.7 Å². The molecule has 1 rings (SSSR count). The van der Waals surface area contributed by atoms with E-state index in [0.717, 1.165) is 0 Å². The minimum Gasteiger partial charge on any atom is -0.355 e. The molecular formula is C12H17FN2O. The van der Waals surface area contributed by atoms with Crippen LogP contribution in [0, 0.1) is 5.82 Å². The summed E-state index contributed by atoms with van der Waals surface area (Å²) in [4.78, 5) is 13.1. The van der Waals surface area contributed by atoms with Crippen molar-refractivity contribution in [1.29, 1.82) is 0 Å². The van der Waals surface area contributed by atoms with Crippen LogP contribution in [0.1, 0.15) is 12.5 Å². The van der Waals surface area contributed by atoms with Crippen LogP contribution in [0.2, 0.25) is 0 Å². The third-order valence-corrected chi connectivity index (χ3v) is 2.19. The first-order valence-corrected chi connectivity index (χ1v) is 5.32. The predicted octanol–water partition coefficient (Wildman–Crippen LogP) is 1.39. The van der Waals surface area contributed by atoms with Crippen molar-refractivity contribution in [3.8, 4) is 0 Å². The molecule has 0 aromatic heterocycles. The Hall–Kier alpha value is -1.42. The predicted molar refractivity (Wildman–Crippen MR) is 61.4 cm³/mol. The Morgan fingerprint density at radius 1 is 1.44 bits per heavy atom. The Bertz CT molecular complexity index is 355. The molecule has 0 saturated heterocycles. The molecule has 0 radical (unpaired) electrons. The average molecular weight is 224 g/mol. The van der Waals surface area contributed by atoms with Crippen LogP contribution in [-0.4, -0.2) is 30.9 Å². The van der Waals surface area contributed by atoms with Gasteiger partial charge in [-0.25, -0.2) is 4.39 Å². The van der Waals surface area contributed by atoms with Gasteiger partial charge in [-0.05, 0) is 20.0 Å². The molecule has 0 aliphatic rings. The highest BCUT2D eigenvalue weighted by atomic mass is 19.1. The van der Waals surface area contributed by atoms with Gasteiger partial charge in [0.25, 0.3) is 0 Å². The number of likely N-dealkylation sites (N-methyl/N-ethyl adjacent to an activating group) is 2. The molecule has 88 valence electrons. The summed E-state index contributed by atoms with van der Waals surface area (Å²) in [5.41, 5.74) is 0.606. The largest absolute Gasteiger partial charge is 0.355 e. The topological polar surface area (TPSA) is 32.3 Å². The van der Waals surface area contributed by atoms with E-state index in [2.05, 4.69) is 5.32 Å². The molecule has 1 aromatic carbocycles. The first kappa shape index (κ1) is 12.6. The van der Waals surface area contributed by atoms with Gasteiger partial charge in [0.15, 0.2) is 0 Å². The Morgan fingerprint density at radius 3 is 2.75 bits per heavy atom. The molecule has 3 nitrogen and oxygen atoms in total. The molecule has 1 aromatic rings. The summed E-state index contributed by atoms with van der Waals surface area (Å²) in [6, 6.07) is 6.60. The molecule has 4 heteroatoms. The van der Waals surface area contributed by atoms with Crippen LogP contribution in [0.15, 0.2) is 24.3 Å². The van der Waals surface area contributed by atoms with E-state index < -0.39 is 0 Å². The first-order valence-electron chi connectivity index (χ1n) is 5.32. The molecule has 0 fully saturated rings. The van der Waals surface area contributed by atoms with Crippen LogP contribution in [-0.2, 0) is 11.3 Å². The molecule has 0 unspecified atom stereocenters. The van der Waals surface area contributed by atoms with Crippen molar-refractivity contribution in [3.63, 3.8) is 0 Å². The number of amides is 1. The summed E-state index contributed by atoms with van der Waals surface area (Å²) in [6.45, 7) is 3.20. The number of nitrogens with zero attached hydrogens (tertiary/aromatic N) is 1. The zero-order valence-corrected chi connectivity index (χ0v) is 9.66. The fraction of sp³-hybridized carbons (Fsp3) is 0.417. The fourth-order valence-electron chi connectivity index (χ4n) is 1.47. The monoisotopic (exact) mass is 224 g/mol. The van der Waals surface area contributed by atoms with Crippen molar-refractivity contribution >= 4 is 5.91 Å². The van der Waals surface area contributed by atoms with Gasteiger partial charge < -0.3 is 5.32 Å². The van der Waals surface area contributed by atoms with E-state index in [4.69, 9.17) is 0 Å². The van der Waals surface area contributed by atoms with Gasteiger partial charge in [0.05, 0.1) is 6.54 Å². The van der Waals surface area contributed by atoms with Gasteiger partial charge in [0.1, 0.15) is 5.82 Å². The van der Waals surface area contributed by atoms with E-state index in [9.17, 15) is 9.18 Å². The maximum absolute atomic E-state index is 13.3. The second-order valence-electron chi connectivity index (χ2n) is 3.72. The summed E-state index contributed by atoms with van der Waals surface area (Å²) >= 11 is 0. The molecule has 0 aliphatic heterocycles. The maximum Gasteiger partial charge on any atom is 0.234 e. The van der Waals surface area contributed by atoms with Gasteiger partial charge in [-0.3, -0.25) is 9.69 Å². The molecule has 16 heavy (non-hydrogen) atoms. The summed E-state index contributed by atoms with van der Waals surface area (Å²) in [7, 11) is 1.79. The smallest absolute Gasteiger partial charge is 0.234 e. The number of hydrogen-bond donors (Lipinski definition) is 1. The van der Waals surface area contributed by atoms with Crippen LogP contribution in [0.25, 0.3) is 0 Å². The Kier molecular flexibility index (Phi) is 4.92. The summed E-state index contributed by atoms with van der Waals surface area (Å²) in [6.07, 6.45) is 0. The lowest BCUT2D eigenvalue weighted by atomic mass is 10.2. The molecule has 0 bridgehead atoms. The van der Waals surface area contributed by atoms with Crippen molar-refractivity contribution < 1.29 is 9.18 Å². The zero-order chi connectivity index (χ0) is 12.0. The standard InChI is InChI=1S/C12H17FN2O/c1-3-14-12(16)9-15(2)8-10-6-4-5-7-11(10)13/h4-7H,3,8-9H2,1-2H3,(H,14,16). The van der Waals surface area contributed by atoms with E-state index in [1.165, 1.54) is 6.07 Å². The molecule has 0 atom stereocenters. The van der Waals surface area contributed by atoms with Crippen molar-refractivity contribution in [2.75, 3.05) is 20.1 Å². The Morgan fingerprint density at radius 2 is 2.12 bits per heavy atom. The number of carbonyl (C=O) groups is 1. The van der Waals surface area contributed by atoms with Crippen LogP contribution < -0.4 is 5.32 Å². The van der Waals surface area contributed by atoms with E-state index in [1.807, 2.05) is 6.92 Å². The lowest BCUT2D eigenvalue weighted by Gasteiger charge is -2.16. The highest BCUT2D eigenvalue weighted by Gasteiger charge is 2.08.